The third kappa shape index (κ3) is 6.41. The minimum atomic E-state index is -0.537. The number of carbonyl (C=O) groups is 2. The van der Waals surface area contributed by atoms with Gasteiger partial charge in [-0.3, -0.25) is 4.79 Å². The molecule has 0 saturated carbocycles. The molecule has 7 heteroatoms. The van der Waals surface area contributed by atoms with Crippen LogP contribution in [0.25, 0.3) is 6.08 Å². The number of azo groups is 1. The highest BCUT2D eigenvalue weighted by Gasteiger charge is 2.04. The third-order valence-corrected chi connectivity index (χ3v) is 3.91. The van der Waals surface area contributed by atoms with E-state index >= 15 is 0 Å². The lowest BCUT2D eigenvalue weighted by Gasteiger charge is -2.04. The lowest BCUT2D eigenvalue weighted by Crippen LogP contribution is -2.07. The quantitative estimate of drug-likeness (QED) is 0.317. The second-order valence-electron chi connectivity index (χ2n) is 5.83. The standard InChI is InChI=1S/C22H16ClN3O3/c23-18-8-4-7-17(15-18)22(28)25-24-19-10-12-20(13-11-19)26-29-21(27)14-9-16-5-2-1-3-6-16/h1-15,26H/b14-9+,25-24?. The molecule has 0 spiro atoms. The number of benzene rings is 3. The summed E-state index contributed by atoms with van der Waals surface area (Å²) < 4.78 is 0. The normalized spacial score (nSPS) is 10.9. The minimum Gasteiger partial charge on any atom is -0.339 e. The smallest absolute Gasteiger partial charge is 0.339 e. The maximum atomic E-state index is 12.0. The van der Waals surface area contributed by atoms with E-state index in [2.05, 4.69) is 15.7 Å². The lowest BCUT2D eigenvalue weighted by molar-refractivity contribution is -0.134. The van der Waals surface area contributed by atoms with Crippen LogP contribution in [0.1, 0.15) is 15.9 Å². The van der Waals surface area contributed by atoms with Gasteiger partial charge in [-0.15, -0.1) is 10.2 Å². The lowest BCUT2D eigenvalue weighted by atomic mass is 10.2. The van der Waals surface area contributed by atoms with Crippen LogP contribution in [0.4, 0.5) is 11.4 Å². The van der Waals surface area contributed by atoms with E-state index in [1.807, 2.05) is 30.3 Å². The molecule has 1 N–H and O–H groups in total. The maximum absolute atomic E-state index is 12.0. The van der Waals surface area contributed by atoms with Crippen LogP contribution in [0.2, 0.25) is 5.02 Å². The highest BCUT2D eigenvalue weighted by atomic mass is 35.5. The molecule has 6 nitrogen and oxygen atoms in total. The second-order valence-corrected chi connectivity index (χ2v) is 6.27. The van der Waals surface area contributed by atoms with Crippen molar-refractivity contribution in [3.05, 3.63) is 101 Å². The van der Waals surface area contributed by atoms with Crippen molar-refractivity contribution >= 4 is 40.9 Å². The Kier molecular flexibility index (Phi) is 6.86. The Labute approximate surface area is 172 Å². The molecule has 0 saturated heterocycles. The van der Waals surface area contributed by atoms with Gasteiger partial charge in [-0.1, -0.05) is 48.0 Å². The Balaban J connectivity index is 1.51. The van der Waals surface area contributed by atoms with Crippen LogP contribution in [0, 0.1) is 0 Å². The fraction of sp³-hybridized carbons (Fsp3) is 0. The molecule has 144 valence electrons. The average Bonchev–Trinajstić information content (AvgIpc) is 2.76. The van der Waals surface area contributed by atoms with Crippen molar-refractivity contribution in [1.82, 2.24) is 0 Å². The zero-order valence-corrected chi connectivity index (χ0v) is 15.9. The third-order valence-electron chi connectivity index (χ3n) is 3.68. The summed E-state index contributed by atoms with van der Waals surface area (Å²) in [4.78, 5) is 28.7. The summed E-state index contributed by atoms with van der Waals surface area (Å²) in [6.07, 6.45) is 2.98. The number of nitrogens with zero attached hydrogens (tertiary/aromatic N) is 2. The molecular weight excluding hydrogens is 390 g/mol. The number of rotatable bonds is 6. The Morgan fingerprint density at radius 1 is 0.931 bits per heavy atom. The van der Waals surface area contributed by atoms with Gasteiger partial charge in [0, 0.05) is 16.7 Å². The van der Waals surface area contributed by atoms with Gasteiger partial charge in [0.05, 0.1) is 11.4 Å². The second kappa shape index (κ2) is 9.96. The van der Waals surface area contributed by atoms with Crippen molar-refractivity contribution < 1.29 is 14.4 Å². The van der Waals surface area contributed by atoms with Crippen molar-refractivity contribution in [3.8, 4) is 0 Å². The van der Waals surface area contributed by atoms with Gasteiger partial charge in [-0.2, -0.15) is 0 Å². The Bertz CT molecular complexity index is 1050. The zero-order valence-electron chi connectivity index (χ0n) is 15.2. The van der Waals surface area contributed by atoms with E-state index in [4.69, 9.17) is 16.4 Å². The van der Waals surface area contributed by atoms with Crippen LogP contribution in [0.3, 0.4) is 0 Å². The van der Waals surface area contributed by atoms with E-state index in [9.17, 15) is 9.59 Å². The van der Waals surface area contributed by atoms with Crippen LogP contribution in [0.15, 0.2) is 95.2 Å². The van der Waals surface area contributed by atoms with E-state index in [0.717, 1.165) is 5.56 Å². The molecule has 0 radical (unpaired) electrons. The molecule has 0 aliphatic rings. The molecule has 0 heterocycles. The monoisotopic (exact) mass is 405 g/mol. The summed E-state index contributed by atoms with van der Waals surface area (Å²) in [5.74, 6) is -1.03. The number of carbonyl (C=O) groups excluding carboxylic acids is 2. The molecule has 1 amide bonds. The van der Waals surface area contributed by atoms with Crippen LogP contribution >= 0.6 is 11.6 Å². The van der Waals surface area contributed by atoms with Gasteiger partial charge in [0.2, 0.25) is 0 Å². The number of hydrogen-bond donors (Lipinski definition) is 1. The zero-order chi connectivity index (χ0) is 20.5. The van der Waals surface area contributed by atoms with Crippen molar-refractivity contribution in [2.75, 3.05) is 5.48 Å². The van der Waals surface area contributed by atoms with Gasteiger partial charge in [-0.25, -0.2) is 10.3 Å². The van der Waals surface area contributed by atoms with Crippen LogP contribution < -0.4 is 5.48 Å². The summed E-state index contributed by atoms with van der Waals surface area (Å²) in [6.45, 7) is 0. The van der Waals surface area contributed by atoms with E-state index in [1.165, 1.54) is 12.1 Å². The summed E-state index contributed by atoms with van der Waals surface area (Å²) >= 11 is 5.85. The number of hydrogen-bond acceptors (Lipinski definition) is 5. The molecule has 0 atom stereocenters. The van der Waals surface area contributed by atoms with Crippen molar-refractivity contribution in [1.29, 1.82) is 0 Å². The predicted molar refractivity (Wildman–Crippen MR) is 112 cm³/mol. The first-order valence-electron chi connectivity index (χ1n) is 8.62. The van der Waals surface area contributed by atoms with Gasteiger partial charge in [0.1, 0.15) is 0 Å². The summed E-state index contributed by atoms with van der Waals surface area (Å²) in [7, 11) is 0. The fourth-order valence-electron chi connectivity index (χ4n) is 2.25. The van der Waals surface area contributed by atoms with Gasteiger partial charge in [0.25, 0.3) is 5.91 Å². The molecule has 0 unspecified atom stereocenters. The minimum absolute atomic E-state index is 0.356. The first-order chi connectivity index (χ1) is 14.1. The van der Waals surface area contributed by atoms with E-state index < -0.39 is 11.9 Å². The van der Waals surface area contributed by atoms with Crippen LogP contribution in [-0.4, -0.2) is 11.9 Å². The molecule has 3 rings (SSSR count). The Hall–Kier alpha value is -3.77. The Morgan fingerprint density at radius 3 is 2.41 bits per heavy atom. The molecule has 0 fully saturated rings. The largest absolute Gasteiger partial charge is 0.355 e. The first-order valence-corrected chi connectivity index (χ1v) is 8.99. The number of anilines is 1. The average molecular weight is 406 g/mol. The predicted octanol–water partition coefficient (Wildman–Crippen LogP) is 5.85. The van der Waals surface area contributed by atoms with E-state index in [1.54, 1.807) is 48.5 Å². The highest BCUT2D eigenvalue weighted by Crippen LogP contribution is 2.18. The SMILES string of the molecule is O=C(/C=C/c1ccccc1)ONc1ccc(N=NC(=O)c2cccc(Cl)c2)cc1. The number of amides is 1. The summed E-state index contributed by atoms with van der Waals surface area (Å²) in [6, 6.07) is 22.4. The van der Waals surface area contributed by atoms with Gasteiger partial charge >= 0.3 is 5.97 Å². The van der Waals surface area contributed by atoms with E-state index in [-0.39, 0.29) is 0 Å². The van der Waals surface area contributed by atoms with Crippen molar-refractivity contribution in [2.45, 2.75) is 0 Å². The van der Waals surface area contributed by atoms with Gasteiger partial charge in [-0.05, 0) is 54.1 Å². The number of nitrogens with one attached hydrogen (secondary N) is 1. The maximum Gasteiger partial charge on any atom is 0.355 e. The number of halogens is 1. The van der Waals surface area contributed by atoms with Gasteiger partial charge in [0.15, 0.2) is 0 Å². The van der Waals surface area contributed by atoms with Crippen molar-refractivity contribution in [2.24, 2.45) is 10.2 Å². The Morgan fingerprint density at radius 2 is 1.69 bits per heavy atom. The molecule has 3 aromatic rings. The molecule has 0 aliphatic carbocycles. The van der Waals surface area contributed by atoms with Crippen LogP contribution in [-0.2, 0) is 9.63 Å². The molecule has 0 bridgehead atoms. The van der Waals surface area contributed by atoms with Crippen molar-refractivity contribution in [3.63, 3.8) is 0 Å². The molecule has 0 aromatic heterocycles. The van der Waals surface area contributed by atoms with Gasteiger partial charge < -0.3 is 4.84 Å². The molecule has 29 heavy (non-hydrogen) atoms. The van der Waals surface area contributed by atoms with E-state index in [0.29, 0.717) is 22.0 Å². The summed E-state index contributed by atoms with van der Waals surface area (Å²) in [5.41, 5.74) is 4.82. The molecule has 3 aromatic carbocycles. The highest BCUT2D eigenvalue weighted by molar-refractivity contribution is 6.30. The molecule has 0 aliphatic heterocycles. The fourth-order valence-corrected chi connectivity index (χ4v) is 2.44. The topological polar surface area (TPSA) is 80.1 Å². The van der Waals surface area contributed by atoms with Crippen LogP contribution in [0.5, 0.6) is 0 Å². The summed E-state index contributed by atoms with van der Waals surface area (Å²) in [5, 5.41) is 8.03. The first kappa shape index (κ1) is 20.0. The molecular formula is C22H16ClN3O3.